The van der Waals surface area contributed by atoms with Crippen LogP contribution in [-0.2, 0) is 0 Å². The molecule has 0 aliphatic heterocycles. The Bertz CT molecular complexity index is 437. The van der Waals surface area contributed by atoms with Crippen molar-refractivity contribution in [2.24, 2.45) is 11.8 Å². The molecule has 0 aromatic carbocycles. The SMILES string of the molecule is CCNc1nc(NCC2CCC(C)C2)c(F)cc1F. The van der Waals surface area contributed by atoms with E-state index in [1.54, 1.807) is 0 Å². The van der Waals surface area contributed by atoms with E-state index in [2.05, 4.69) is 22.5 Å². The molecular weight excluding hydrogens is 248 g/mol. The number of anilines is 2. The van der Waals surface area contributed by atoms with Gasteiger partial charge in [-0.15, -0.1) is 0 Å². The van der Waals surface area contributed by atoms with Gasteiger partial charge in [-0.25, -0.2) is 13.8 Å². The molecule has 0 saturated heterocycles. The average Bonchev–Trinajstić information content (AvgIpc) is 2.77. The molecule has 2 unspecified atom stereocenters. The summed E-state index contributed by atoms with van der Waals surface area (Å²) in [6.45, 7) is 5.33. The lowest BCUT2D eigenvalue weighted by Crippen LogP contribution is -2.15. The van der Waals surface area contributed by atoms with Gasteiger partial charge in [0.1, 0.15) is 0 Å². The Hall–Kier alpha value is -1.39. The van der Waals surface area contributed by atoms with Gasteiger partial charge in [-0.2, -0.15) is 0 Å². The molecule has 1 aromatic rings. The summed E-state index contributed by atoms with van der Waals surface area (Å²) in [6.07, 6.45) is 3.56. The van der Waals surface area contributed by atoms with Crippen LogP contribution in [0.15, 0.2) is 6.07 Å². The van der Waals surface area contributed by atoms with E-state index in [1.807, 2.05) is 6.92 Å². The summed E-state index contributed by atoms with van der Waals surface area (Å²) < 4.78 is 27.0. The number of rotatable bonds is 5. The number of pyridine rings is 1. The summed E-state index contributed by atoms with van der Waals surface area (Å²) in [6, 6.07) is 0.880. The Kier molecular flexibility index (Phi) is 4.56. The lowest BCUT2D eigenvalue weighted by atomic mass is 10.1. The van der Waals surface area contributed by atoms with Crippen LogP contribution in [0.1, 0.15) is 33.1 Å². The van der Waals surface area contributed by atoms with E-state index in [9.17, 15) is 8.78 Å². The van der Waals surface area contributed by atoms with Crippen molar-refractivity contribution in [3.05, 3.63) is 17.7 Å². The molecule has 0 bridgehead atoms. The molecule has 19 heavy (non-hydrogen) atoms. The van der Waals surface area contributed by atoms with Crippen molar-refractivity contribution < 1.29 is 8.78 Å². The highest BCUT2D eigenvalue weighted by molar-refractivity contribution is 5.47. The van der Waals surface area contributed by atoms with Crippen molar-refractivity contribution in [2.45, 2.75) is 33.1 Å². The lowest BCUT2D eigenvalue weighted by molar-refractivity contribution is 0.532. The molecule has 1 aliphatic rings. The van der Waals surface area contributed by atoms with Crippen molar-refractivity contribution >= 4 is 11.6 Å². The average molecular weight is 269 g/mol. The maximum atomic E-state index is 13.6. The second-order valence-electron chi connectivity index (χ2n) is 5.34. The minimum atomic E-state index is -0.653. The normalized spacial score (nSPS) is 22.5. The van der Waals surface area contributed by atoms with Gasteiger partial charge in [0.25, 0.3) is 0 Å². The van der Waals surface area contributed by atoms with Crippen molar-refractivity contribution in [1.82, 2.24) is 4.98 Å². The highest BCUT2D eigenvalue weighted by atomic mass is 19.1. The highest BCUT2D eigenvalue weighted by Crippen LogP contribution is 2.30. The number of nitrogens with zero attached hydrogens (tertiary/aromatic N) is 1. The van der Waals surface area contributed by atoms with Crippen LogP contribution in [0.2, 0.25) is 0 Å². The van der Waals surface area contributed by atoms with Gasteiger partial charge in [0.15, 0.2) is 23.3 Å². The molecule has 2 rings (SSSR count). The first-order valence-corrected chi connectivity index (χ1v) is 6.94. The predicted molar refractivity (Wildman–Crippen MR) is 73.3 cm³/mol. The number of aromatic nitrogens is 1. The quantitative estimate of drug-likeness (QED) is 0.857. The number of hydrogen-bond acceptors (Lipinski definition) is 3. The third-order valence-electron chi connectivity index (χ3n) is 3.64. The van der Waals surface area contributed by atoms with Crippen LogP contribution < -0.4 is 10.6 Å². The molecule has 0 spiro atoms. The first kappa shape index (κ1) is 14.0. The van der Waals surface area contributed by atoms with Crippen molar-refractivity contribution in [3.8, 4) is 0 Å². The minimum Gasteiger partial charge on any atom is -0.368 e. The largest absolute Gasteiger partial charge is 0.368 e. The number of hydrogen-bond donors (Lipinski definition) is 2. The summed E-state index contributed by atoms with van der Waals surface area (Å²) in [5, 5.41) is 5.79. The van der Waals surface area contributed by atoms with Crippen LogP contribution in [0.4, 0.5) is 20.4 Å². The molecule has 1 aliphatic carbocycles. The summed E-state index contributed by atoms with van der Waals surface area (Å²) in [4.78, 5) is 3.97. The van der Waals surface area contributed by atoms with E-state index < -0.39 is 11.6 Å². The molecule has 3 nitrogen and oxygen atoms in total. The molecule has 1 fully saturated rings. The predicted octanol–water partition coefficient (Wildman–Crippen LogP) is 3.64. The summed E-state index contributed by atoms with van der Waals surface area (Å²) in [5.74, 6) is 0.256. The van der Waals surface area contributed by atoms with Gasteiger partial charge in [-0.3, -0.25) is 0 Å². The van der Waals surface area contributed by atoms with E-state index in [0.717, 1.165) is 24.8 Å². The Labute approximate surface area is 112 Å². The Morgan fingerprint density at radius 2 is 1.89 bits per heavy atom. The number of nitrogens with one attached hydrogen (secondary N) is 2. The van der Waals surface area contributed by atoms with Crippen molar-refractivity contribution in [3.63, 3.8) is 0 Å². The second kappa shape index (κ2) is 6.17. The Balaban J connectivity index is 2.00. The van der Waals surface area contributed by atoms with Crippen LogP contribution >= 0.6 is 0 Å². The van der Waals surface area contributed by atoms with Crippen molar-refractivity contribution in [1.29, 1.82) is 0 Å². The molecule has 2 N–H and O–H groups in total. The fourth-order valence-electron chi connectivity index (χ4n) is 2.63. The second-order valence-corrected chi connectivity index (χ2v) is 5.34. The molecule has 1 saturated carbocycles. The zero-order valence-electron chi connectivity index (χ0n) is 11.5. The van der Waals surface area contributed by atoms with Crippen LogP contribution in [0, 0.1) is 23.5 Å². The van der Waals surface area contributed by atoms with Gasteiger partial charge in [0.2, 0.25) is 0 Å². The molecule has 0 amide bonds. The first-order chi connectivity index (χ1) is 9.10. The van der Waals surface area contributed by atoms with Crippen LogP contribution in [0.5, 0.6) is 0 Å². The van der Waals surface area contributed by atoms with E-state index in [4.69, 9.17) is 0 Å². The molecule has 1 aromatic heterocycles. The summed E-state index contributed by atoms with van der Waals surface area (Å²) in [5.41, 5.74) is 0. The van der Waals surface area contributed by atoms with Gasteiger partial charge in [0, 0.05) is 19.2 Å². The smallest absolute Gasteiger partial charge is 0.168 e. The maximum absolute atomic E-state index is 13.6. The van der Waals surface area contributed by atoms with E-state index in [0.29, 0.717) is 19.0 Å². The van der Waals surface area contributed by atoms with Gasteiger partial charge >= 0.3 is 0 Å². The highest BCUT2D eigenvalue weighted by Gasteiger charge is 2.21. The summed E-state index contributed by atoms with van der Waals surface area (Å²) in [7, 11) is 0. The summed E-state index contributed by atoms with van der Waals surface area (Å²) >= 11 is 0. The monoisotopic (exact) mass is 269 g/mol. The zero-order chi connectivity index (χ0) is 13.8. The molecule has 5 heteroatoms. The topological polar surface area (TPSA) is 37.0 Å². The van der Waals surface area contributed by atoms with Gasteiger partial charge < -0.3 is 10.6 Å². The fourth-order valence-corrected chi connectivity index (χ4v) is 2.63. The third-order valence-corrected chi connectivity index (χ3v) is 3.64. The minimum absolute atomic E-state index is 0.103. The van der Waals surface area contributed by atoms with Gasteiger partial charge in [0.05, 0.1) is 0 Å². The maximum Gasteiger partial charge on any atom is 0.168 e. The molecule has 1 heterocycles. The van der Waals surface area contributed by atoms with Crippen molar-refractivity contribution in [2.75, 3.05) is 23.7 Å². The molecule has 106 valence electrons. The first-order valence-electron chi connectivity index (χ1n) is 6.94. The standard InChI is InChI=1S/C14H21F2N3/c1-3-17-13-11(15)7-12(16)14(19-13)18-8-10-5-4-9(2)6-10/h7,9-10H,3-6,8H2,1-2H3,(H2,17,18,19). The lowest BCUT2D eigenvalue weighted by Gasteiger charge is -2.13. The van der Waals surface area contributed by atoms with Gasteiger partial charge in [-0.1, -0.05) is 13.3 Å². The van der Waals surface area contributed by atoms with E-state index in [1.165, 1.54) is 6.42 Å². The third kappa shape index (κ3) is 3.55. The molecule has 2 atom stereocenters. The van der Waals surface area contributed by atoms with Crippen LogP contribution in [-0.4, -0.2) is 18.1 Å². The Morgan fingerprint density at radius 3 is 2.47 bits per heavy atom. The van der Waals surface area contributed by atoms with Crippen LogP contribution in [0.25, 0.3) is 0 Å². The fraction of sp³-hybridized carbons (Fsp3) is 0.643. The Morgan fingerprint density at radius 1 is 1.21 bits per heavy atom. The molecule has 0 radical (unpaired) electrons. The zero-order valence-corrected chi connectivity index (χ0v) is 11.5. The molecular formula is C14H21F2N3. The van der Waals surface area contributed by atoms with E-state index >= 15 is 0 Å². The van der Waals surface area contributed by atoms with E-state index in [-0.39, 0.29) is 11.6 Å². The number of halogens is 2. The van der Waals surface area contributed by atoms with Crippen LogP contribution in [0.3, 0.4) is 0 Å². The van der Waals surface area contributed by atoms with Gasteiger partial charge in [-0.05, 0) is 31.6 Å².